The summed E-state index contributed by atoms with van der Waals surface area (Å²) in [6, 6.07) is 16.5. The summed E-state index contributed by atoms with van der Waals surface area (Å²) >= 11 is 1.35. The molecule has 1 heterocycles. The number of methoxy groups -OCH3 is 2. The van der Waals surface area contributed by atoms with E-state index < -0.39 is 0 Å². The second-order valence-electron chi connectivity index (χ2n) is 6.65. The lowest BCUT2D eigenvalue weighted by atomic mass is 10.1. The molecule has 3 rings (SSSR count). The van der Waals surface area contributed by atoms with Crippen molar-refractivity contribution in [3.8, 4) is 28.1 Å². The Morgan fingerprint density at radius 2 is 1.79 bits per heavy atom. The van der Waals surface area contributed by atoms with Crippen molar-refractivity contribution in [2.45, 2.75) is 26.0 Å². The van der Waals surface area contributed by atoms with Gasteiger partial charge in [-0.15, -0.1) is 4.37 Å². The van der Waals surface area contributed by atoms with Crippen molar-refractivity contribution in [3.63, 3.8) is 0 Å². The highest BCUT2D eigenvalue weighted by atomic mass is 32.1. The van der Waals surface area contributed by atoms with Gasteiger partial charge in [-0.2, -0.15) is 4.98 Å². The van der Waals surface area contributed by atoms with E-state index >= 15 is 0 Å². The van der Waals surface area contributed by atoms with Gasteiger partial charge in [-0.05, 0) is 49.1 Å². The zero-order valence-corrected chi connectivity index (χ0v) is 18.1. The van der Waals surface area contributed by atoms with Crippen LogP contribution in [-0.4, -0.2) is 48.3 Å². The Labute approximate surface area is 176 Å². The molecule has 0 aliphatic rings. The van der Waals surface area contributed by atoms with Crippen molar-refractivity contribution in [1.82, 2.24) is 14.3 Å². The maximum Gasteiger partial charge on any atom is 0.330 e. The van der Waals surface area contributed by atoms with Gasteiger partial charge in [0.25, 0.3) is 0 Å². The van der Waals surface area contributed by atoms with Crippen LogP contribution in [0, 0.1) is 0 Å². The van der Waals surface area contributed by atoms with Gasteiger partial charge in [0.1, 0.15) is 5.01 Å². The Kier molecular flexibility index (Phi) is 7.43. The summed E-state index contributed by atoms with van der Waals surface area (Å²) in [5.41, 5.74) is 2.23. The SMILES string of the molecule is CCC(Oc1nsc(-c2ccccc2)n1)N(C)CCc1ccc(OC)c(OC)c1. The smallest absolute Gasteiger partial charge is 0.330 e. The van der Waals surface area contributed by atoms with E-state index in [9.17, 15) is 0 Å². The van der Waals surface area contributed by atoms with Crippen molar-refractivity contribution >= 4 is 11.5 Å². The lowest BCUT2D eigenvalue weighted by Crippen LogP contribution is -2.37. The molecule has 7 heteroatoms. The number of nitrogens with zero attached hydrogens (tertiary/aromatic N) is 3. The first-order chi connectivity index (χ1) is 14.1. The average Bonchev–Trinajstić information content (AvgIpc) is 3.24. The molecular weight excluding hydrogens is 386 g/mol. The minimum atomic E-state index is -0.0895. The molecule has 0 radical (unpaired) electrons. The molecule has 0 spiro atoms. The molecule has 29 heavy (non-hydrogen) atoms. The minimum absolute atomic E-state index is 0.0895. The molecule has 6 nitrogen and oxygen atoms in total. The van der Waals surface area contributed by atoms with Crippen LogP contribution in [0.4, 0.5) is 0 Å². The Morgan fingerprint density at radius 3 is 2.48 bits per heavy atom. The van der Waals surface area contributed by atoms with Gasteiger partial charge in [0.2, 0.25) is 0 Å². The van der Waals surface area contributed by atoms with Crippen LogP contribution < -0.4 is 14.2 Å². The van der Waals surface area contributed by atoms with Crippen LogP contribution in [0.3, 0.4) is 0 Å². The van der Waals surface area contributed by atoms with Crippen molar-refractivity contribution in [2.24, 2.45) is 0 Å². The standard InChI is InChI=1S/C22H27N3O3S/c1-5-20(28-22-23-21(29-24-22)17-9-7-6-8-10-17)25(2)14-13-16-11-12-18(26-3)19(15-16)27-4/h6-12,15,20H,5,13-14H2,1-4H3. The summed E-state index contributed by atoms with van der Waals surface area (Å²) in [6.45, 7) is 2.94. The molecule has 1 unspecified atom stereocenters. The summed E-state index contributed by atoms with van der Waals surface area (Å²) in [7, 11) is 5.35. The second kappa shape index (κ2) is 10.2. The van der Waals surface area contributed by atoms with Crippen molar-refractivity contribution < 1.29 is 14.2 Å². The summed E-state index contributed by atoms with van der Waals surface area (Å²) in [4.78, 5) is 6.72. The molecule has 0 N–H and O–H groups in total. The summed E-state index contributed by atoms with van der Waals surface area (Å²) in [6.07, 6.45) is 1.62. The number of hydrogen-bond acceptors (Lipinski definition) is 7. The van der Waals surface area contributed by atoms with Gasteiger partial charge < -0.3 is 14.2 Å². The van der Waals surface area contributed by atoms with Gasteiger partial charge in [-0.1, -0.05) is 43.3 Å². The Bertz CT molecular complexity index is 901. The predicted octanol–water partition coefficient (Wildman–Crippen LogP) is 4.51. The molecule has 3 aromatic rings. The van der Waals surface area contributed by atoms with E-state index in [1.807, 2.05) is 42.5 Å². The molecule has 0 saturated heterocycles. The topological polar surface area (TPSA) is 56.7 Å². The second-order valence-corrected chi connectivity index (χ2v) is 7.40. The van der Waals surface area contributed by atoms with E-state index in [4.69, 9.17) is 14.2 Å². The van der Waals surface area contributed by atoms with Crippen LogP contribution in [0.25, 0.3) is 10.6 Å². The first-order valence-corrected chi connectivity index (χ1v) is 10.4. The first-order valence-electron chi connectivity index (χ1n) is 9.61. The lowest BCUT2D eigenvalue weighted by molar-refractivity contribution is 0.0359. The average molecular weight is 414 g/mol. The molecule has 0 aliphatic carbocycles. The lowest BCUT2D eigenvalue weighted by Gasteiger charge is -2.26. The normalized spacial score (nSPS) is 12.0. The van der Waals surface area contributed by atoms with Crippen LogP contribution in [0.2, 0.25) is 0 Å². The summed E-state index contributed by atoms with van der Waals surface area (Å²) in [5.74, 6) is 1.49. The highest BCUT2D eigenvalue weighted by Crippen LogP contribution is 2.28. The fourth-order valence-corrected chi connectivity index (χ4v) is 3.66. The Balaban J connectivity index is 1.59. The minimum Gasteiger partial charge on any atom is -0.493 e. The van der Waals surface area contributed by atoms with E-state index in [-0.39, 0.29) is 6.23 Å². The molecular formula is C22H27N3O3S. The third-order valence-electron chi connectivity index (χ3n) is 4.71. The molecule has 154 valence electrons. The maximum absolute atomic E-state index is 6.07. The van der Waals surface area contributed by atoms with Crippen LogP contribution in [0.1, 0.15) is 18.9 Å². The molecule has 0 bridgehead atoms. The molecule has 0 aliphatic heterocycles. The van der Waals surface area contributed by atoms with Gasteiger partial charge in [0.05, 0.1) is 14.2 Å². The van der Waals surface area contributed by atoms with E-state index in [1.54, 1.807) is 14.2 Å². The van der Waals surface area contributed by atoms with Gasteiger partial charge in [0.15, 0.2) is 17.7 Å². The van der Waals surface area contributed by atoms with Gasteiger partial charge in [-0.25, -0.2) is 0 Å². The molecule has 0 saturated carbocycles. The number of benzene rings is 2. The van der Waals surface area contributed by atoms with Crippen LogP contribution in [-0.2, 0) is 6.42 Å². The van der Waals surface area contributed by atoms with Gasteiger partial charge >= 0.3 is 6.01 Å². The van der Waals surface area contributed by atoms with Crippen LogP contribution in [0.15, 0.2) is 48.5 Å². The van der Waals surface area contributed by atoms with Crippen LogP contribution in [0.5, 0.6) is 17.5 Å². The fraction of sp³-hybridized carbons (Fsp3) is 0.364. The molecule has 1 aromatic heterocycles. The largest absolute Gasteiger partial charge is 0.493 e. The maximum atomic E-state index is 6.07. The zero-order chi connectivity index (χ0) is 20.6. The van der Waals surface area contributed by atoms with Gasteiger partial charge in [0, 0.05) is 12.1 Å². The molecule has 1 atom stereocenters. The first kappa shape index (κ1) is 21.1. The Hall–Kier alpha value is -2.64. The summed E-state index contributed by atoms with van der Waals surface area (Å²) in [5, 5.41) is 0.864. The number of hydrogen-bond donors (Lipinski definition) is 0. The van der Waals surface area contributed by atoms with Crippen molar-refractivity contribution in [3.05, 3.63) is 54.1 Å². The molecule has 0 amide bonds. The highest BCUT2D eigenvalue weighted by Gasteiger charge is 2.18. The zero-order valence-electron chi connectivity index (χ0n) is 17.3. The van der Waals surface area contributed by atoms with E-state index in [0.29, 0.717) is 6.01 Å². The number of likely N-dealkylation sites (N-methyl/N-ethyl adjacent to an activating group) is 1. The van der Waals surface area contributed by atoms with Crippen molar-refractivity contribution in [2.75, 3.05) is 27.8 Å². The quantitative estimate of drug-likeness (QED) is 0.456. The third kappa shape index (κ3) is 5.46. The van der Waals surface area contributed by atoms with Gasteiger partial charge in [-0.3, -0.25) is 4.90 Å². The number of aromatic nitrogens is 2. The number of ether oxygens (including phenoxy) is 3. The predicted molar refractivity (Wildman–Crippen MR) is 116 cm³/mol. The van der Waals surface area contributed by atoms with E-state index in [2.05, 4.69) is 34.3 Å². The highest BCUT2D eigenvalue weighted by molar-refractivity contribution is 7.09. The molecule has 0 fully saturated rings. The fourth-order valence-electron chi connectivity index (χ4n) is 3.05. The van der Waals surface area contributed by atoms with E-state index in [0.717, 1.165) is 41.5 Å². The van der Waals surface area contributed by atoms with Crippen LogP contribution >= 0.6 is 11.5 Å². The molecule has 2 aromatic carbocycles. The summed E-state index contributed by atoms with van der Waals surface area (Å²) < 4.78 is 21.1. The number of rotatable bonds is 10. The monoisotopic (exact) mass is 413 g/mol. The van der Waals surface area contributed by atoms with Crippen molar-refractivity contribution in [1.29, 1.82) is 0 Å². The Morgan fingerprint density at radius 1 is 1.03 bits per heavy atom. The van der Waals surface area contributed by atoms with E-state index in [1.165, 1.54) is 17.1 Å². The third-order valence-corrected chi connectivity index (χ3v) is 5.46.